The van der Waals surface area contributed by atoms with E-state index in [4.69, 9.17) is 5.73 Å². The molecule has 0 aromatic heterocycles. The van der Waals surface area contributed by atoms with E-state index >= 15 is 0 Å². The van der Waals surface area contributed by atoms with Crippen molar-refractivity contribution in [2.24, 2.45) is 5.73 Å². The summed E-state index contributed by atoms with van der Waals surface area (Å²) >= 11 is 0. The molecule has 25 heavy (non-hydrogen) atoms. The van der Waals surface area contributed by atoms with E-state index in [-0.39, 0.29) is 40.2 Å². The van der Waals surface area contributed by atoms with Crippen LogP contribution >= 0.6 is 0 Å². The monoisotopic (exact) mass is 413 g/mol. The van der Waals surface area contributed by atoms with Gasteiger partial charge < -0.3 is 5.73 Å². The van der Waals surface area contributed by atoms with Crippen LogP contribution in [0.25, 0.3) is 0 Å². The van der Waals surface area contributed by atoms with Crippen LogP contribution in [0, 0.1) is 127 Å². The Hall–Kier alpha value is 0.999. The van der Waals surface area contributed by atoms with Crippen molar-refractivity contribution >= 4 is 0 Å². The second kappa shape index (κ2) is 17.1. The average molecular weight is 413 g/mol. The normalized spacial score (nSPS) is 24.4. The average Bonchev–Trinajstić information content (AvgIpc) is 3.41. The summed E-state index contributed by atoms with van der Waals surface area (Å²) in [7, 11) is 0. The van der Waals surface area contributed by atoms with Crippen LogP contribution in [-0.2, 0) is 34.1 Å². The molecule has 0 spiro atoms. The fourth-order valence-electron chi connectivity index (χ4n) is 2.20. The van der Waals surface area contributed by atoms with Gasteiger partial charge in [-0.15, -0.1) is 0 Å². The van der Waals surface area contributed by atoms with Crippen molar-refractivity contribution in [2.75, 3.05) is 0 Å². The maximum absolute atomic E-state index is 6.03. The first-order chi connectivity index (χ1) is 11.4. The van der Waals surface area contributed by atoms with Gasteiger partial charge in [0.25, 0.3) is 0 Å². The largest absolute Gasteiger partial charge is 0.327 e. The Morgan fingerprint density at radius 2 is 0.840 bits per heavy atom. The van der Waals surface area contributed by atoms with Gasteiger partial charge in [-0.2, -0.15) is 0 Å². The third-order valence-electron chi connectivity index (χ3n) is 3.42. The second-order valence-electron chi connectivity index (χ2n) is 5.25. The predicted octanol–water partition coefficient (Wildman–Crippen LogP) is 3.55. The molecule has 2 N–H and O–H groups in total. The quantitative estimate of drug-likeness (QED) is 0.704. The minimum atomic E-state index is 0. The molecule has 0 aromatic rings. The molecule has 0 aliphatic heterocycles. The van der Waals surface area contributed by atoms with Crippen LogP contribution in [0.15, 0.2) is 0 Å². The Balaban J connectivity index is 0.000000400. The third-order valence-corrected chi connectivity index (χ3v) is 3.42. The second-order valence-corrected chi connectivity index (χ2v) is 5.25. The third kappa shape index (κ3) is 12.1. The van der Waals surface area contributed by atoms with Gasteiger partial charge in [0.1, 0.15) is 0 Å². The first-order valence-electron chi connectivity index (χ1n) is 7.87. The molecule has 4 aliphatic carbocycles. The number of hydrogen-bond donors (Lipinski definition) is 1. The topological polar surface area (TPSA) is 26.0 Å². The summed E-state index contributed by atoms with van der Waals surface area (Å²) in [5, 5.41) is 0. The van der Waals surface area contributed by atoms with Crippen molar-refractivity contribution in [1.29, 1.82) is 0 Å². The summed E-state index contributed by atoms with van der Waals surface area (Å²) in [6, 6.07) is 0.136. The van der Waals surface area contributed by atoms with Gasteiger partial charge in [0.05, 0.1) is 0 Å². The first kappa shape index (κ1) is 26.0. The summed E-state index contributed by atoms with van der Waals surface area (Å²) in [5.41, 5.74) is 6.03. The van der Waals surface area contributed by atoms with E-state index in [9.17, 15) is 0 Å². The van der Waals surface area contributed by atoms with Crippen LogP contribution in [0.2, 0.25) is 0 Å². The Morgan fingerprint density at radius 1 is 0.520 bits per heavy atom. The van der Waals surface area contributed by atoms with Crippen LogP contribution in [0.5, 0.6) is 0 Å². The van der Waals surface area contributed by atoms with E-state index < -0.39 is 0 Å². The molecule has 132 valence electrons. The minimum Gasteiger partial charge on any atom is -0.327 e. The van der Waals surface area contributed by atoms with Crippen molar-refractivity contribution < 1.29 is 34.1 Å². The molecule has 1 nitrogen and oxygen atoms in total. The van der Waals surface area contributed by atoms with Crippen molar-refractivity contribution in [3.63, 3.8) is 0 Å². The van der Waals surface area contributed by atoms with Crippen LogP contribution in [-0.4, -0.2) is 6.04 Å². The van der Waals surface area contributed by atoms with Gasteiger partial charge in [0.15, 0.2) is 0 Å². The maximum Gasteiger partial charge on any atom is 0.0113 e. The summed E-state index contributed by atoms with van der Waals surface area (Å²) in [6.07, 6.45) is 37.5. The van der Waals surface area contributed by atoms with Gasteiger partial charge in [0, 0.05) is 40.2 Å². The van der Waals surface area contributed by atoms with Crippen molar-refractivity contribution in [1.82, 2.24) is 0 Å². The molecule has 1 unspecified atom stereocenters. The summed E-state index contributed by atoms with van der Waals surface area (Å²) in [5.74, 6) is 2.54. The summed E-state index contributed by atoms with van der Waals surface area (Å²) in [4.78, 5) is 0. The molecule has 4 fully saturated rings. The van der Waals surface area contributed by atoms with E-state index in [0.717, 1.165) is 6.42 Å². The summed E-state index contributed by atoms with van der Waals surface area (Å²) < 4.78 is 0. The molecular weight excluding hydrogens is 390 g/mol. The minimum absolute atomic E-state index is 0. The molecule has 4 rings (SSSR count). The van der Waals surface area contributed by atoms with Gasteiger partial charge in [-0.1, -0.05) is 0 Å². The van der Waals surface area contributed by atoms with E-state index in [0.29, 0.717) is 0 Å². The smallest absolute Gasteiger partial charge is 0.0113 e. The summed E-state index contributed by atoms with van der Waals surface area (Å²) in [6.45, 7) is 0. The van der Waals surface area contributed by atoms with Crippen LogP contribution < -0.4 is 5.73 Å². The molecule has 0 aromatic carbocycles. The standard InChI is InChI=1S/C12H13N.2C5H5.2Fe/c13-12(11-7-3-4-8-11)9-10-5-1-2-6-10;2*1-2-4-5-3-1;;/h1-8,12H,9,13H2;2*1-5H;;. The molecular formula is C22H23Fe2N. The number of rotatable bonds is 3. The molecule has 0 saturated heterocycles. The van der Waals surface area contributed by atoms with E-state index in [1.54, 1.807) is 0 Å². The Kier molecular flexibility index (Phi) is 17.8. The van der Waals surface area contributed by atoms with E-state index in [1.807, 2.05) is 89.9 Å². The Labute approximate surface area is 179 Å². The fraction of sp³-hybridized carbons (Fsp3) is 0.0909. The molecule has 1 atom stereocenters. The first-order valence-corrected chi connectivity index (χ1v) is 7.87. The Bertz CT molecular complexity index is 240. The van der Waals surface area contributed by atoms with Crippen LogP contribution in [0.4, 0.5) is 0 Å². The molecule has 0 amide bonds. The fourth-order valence-corrected chi connectivity index (χ4v) is 2.20. The number of nitrogens with two attached hydrogens (primary N) is 1. The van der Waals surface area contributed by atoms with Gasteiger partial charge in [-0.05, 0) is 134 Å². The molecule has 20 radical (unpaired) electrons. The van der Waals surface area contributed by atoms with Crippen molar-refractivity contribution in [3.05, 3.63) is 127 Å². The van der Waals surface area contributed by atoms with Gasteiger partial charge in [-0.3, -0.25) is 0 Å². The number of hydrogen-bond acceptors (Lipinski definition) is 1. The van der Waals surface area contributed by atoms with E-state index in [1.165, 1.54) is 11.8 Å². The predicted molar refractivity (Wildman–Crippen MR) is 96.5 cm³/mol. The van der Waals surface area contributed by atoms with Gasteiger partial charge in [0.2, 0.25) is 0 Å². The molecule has 4 aliphatic rings. The zero-order chi connectivity index (χ0) is 16.2. The molecule has 3 heteroatoms. The van der Waals surface area contributed by atoms with Crippen molar-refractivity contribution in [2.45, 2.75) is 12.5 Å². The van der Waals surface area contributed by atoms with Crippen LogP contribution in [0.1, 0.15) is 6.42 Å². The van der Waals surface area contributed by atoms with Gasteiger partial charge >= 0.3 is 0 Å². The zero-order valence-electron chi connectivity index (χ0n) is 14.0. The molecule has 0 heterocycles. The molecule has 4 saturated carbocycles. The van der Waals surface area contributed by atoms with E-state index in [2.05, 4.69) is 25.7 Å². The van der Waals surface area contributed by atoms with Gasteiger partial charge in [-0.25, -0.2) is 0 Å². The van der Waals surface area contributed by atoms with Crippen molar-refractivity contribution in [3.8, 4) is 0 Å². The maximum atomic E-state index is 6.03. The SMILES string of the molecule is NC(C[C]1[CH][CH][CH][CH]1)[C]1[CH][CH][CH][CH]1.[CH]1[CH][CH][CH][CH]1.[CH]1[CH][CH][CH][CH]1.[Fe].[Fe]. The Morgan fingerprint density at radius 3 is 1.20 bits per heavy atom. The van der Waals surface area contributed by atoms with Crippen LogP contribution in [0.3, 0.4) is 0 Å². The zero-order valence-corrected chi connectivity index (χ0v) is 16.2. The molecule has 0 bridgehead atoms.